The fourth-order valence-electron chi connectivity index (χ4n) is 2.19. The van der Waals surface area contributed by atoms with Gasteiger partial charge in [0.15, 0.2) is 5.69 Å². The highest BCUT2D eigenvalue weighted by molar-refractivity contribution is 5.71. The van der Waals surface area contributed by atoms with Crippen LogP contribution in [0.15, 0.2) is 69.2 Å². The summed E-state index contributed by atoms with van der Waals surface area (Å²) in [5.41, 5.74) is 1.56. The van der Waals surface area contributed by atoms with Crippen molar-refractivity contribution in [1.29, 1.82) is 0 Å². The topological polar surface area (TPSA) is 76.5 Å². The number of furan rings is 1. The van der Waals surface area contributed by atoms with E-state index < -0.39 is 0 Å². The van der Waals surface area contributed by atoms with Crippen LogP contribution in [0.3, 0.4) is 0 Å². The number of rotatable bonds is 5. The predicted molar refractivity (Wildman–Crippen MR) is 89.5 cm³/mol. The molecule has 0 bridgehead atoms. The van der Waals surface area contributed by atoms with E-state index in [1.165, 1.54) is 0 Å². The predicted octanol–water partition coefficient (Wildman–Crippen LogP) is 5.08. The van der Waals surface area contributed by atoms with Crippen LogP contribution in [0.1, 0.15) is 0 Å². The van der Waals surface area contributed by atoms with Crippen LogP contribution in [0.25, 0.3) is 11.3 Å². The number of ether oxygens (including phenoxy) is 2. The van der Waals surface area contributed by atoms with E-state index >= 15 is 0 Å². The molecule has 6 heteroatoms. The second-order valence-electron chi connectivity index (χ2n) is 4.90. The van der Waals surface area contributed by atoms with E-state index in [0.29, 0.717) is 28.5 Å². The highest BCUT2D eigenvalue weighted by Gasteiger charge is 2.16. The van der Waals surface area contributed by atoms with E-state index in [1.807, 2.05) is 30.3 Å². The summed E-state index contributed by atoms with van der Waals surface area (Å²) in [4.78, 5) is 0. The van der Waals surface area contributed by atoms with E-state index in [-0.39, 0.29) is 11.6 Å². The minimum absolute atomic E-state index is 0.235. The number of azo groups is 1. The Morgan fingerprint density at radius 2 is 1.71 bits per heavy atom. The molecular weight excluding hydrogens is 308 g/mol. The minimum atomic E-state index is -0.311. The molecule has 0 spiro atoms. The highest BCUT2D eigenvalue weighted by Crippen LogP contribution is 2.41. The summed E-state index contributed by atoms with van der Waals surface area (Å²) in [5, 5.41) is 18.1. The fourth-order valence-corrected chi connectivity index (χ4v) is 2.19. The number of methoxy groups -OCH3 is 2. The van der Waals surface area contributed by atoms with Gasteiger partial charge in [0, 0.05) is 6.07 Å². The van der Waals surface area contributed by atoms with Crippen LogP contribution in [-0.4, -0.2) is 19.3 Å². The van der Waals surface area contributed by atoms with Gasteiger partial charge in [-0.05, 0) is 30.3 Å². The van der Waals surface area contributed by atoms with Crippen molar-refractivity contribution in [1.82, 2.24) is 0 Å². The lowest BCUT2D eigenvalue weighted by atomic mass is 10.1. The summed E-state index contributed by atoms with van der Waals surface area (Å²) >= 11 is 0. The van der Waals surface area contributed by atoms with Gasteiger partial charge < -0.3 is 19.0 Å². The minimum Gasteiger partial charge on any atom is -0.497 e. The van der Waals surface area contributed by atoms with Gasteiger partial charge in [-0.15, -0.1) is 5.11 Å². The molecule has 0 aliphatic carbocycles. The Kier molecular flexibility index (Phi) is 4.47. The van der Waals surface area contributed by atoms with Crippen molar-refractivity contribution in [2.24, 2.45) is 10.2 Å². The number of hydrogen-bond donors (Lipinski definition) is 1. The summed E-state index contributed by atoms with van der Waals surface area (Å²) in [5.74, 6) is 1.34. The van der Waals surface area contributed by atoms with Gasteiger partial charge in [0.1, 0.15) is 17.3 Å². The van der Waals surface area contributed by atoms with Crippen LogP contribution in [0.4, 0.5) is 11.4 Å². The van der Waals surface area contributed by atoms with Crippen LogP contribution < -0.4 is 9.47 Å². The smallest absolute Gasteiger partial charge is 0.311 e. The van der Waals surface area contributed by atoms with E-state index in [4.69, 9.17) is 13.9 Å². The molecule has 0 radical (unpaired) electrons. The van der Waals surface area contributed by atoms with Gasteiger partial charge in [0.25, 0.3) is 0 Å². The van der Waals surface area contributed by atoms with Crippen molar-refractivity contribution in [3.05, 3.63) is 54.6 Å². The first kappa shape index (κ1) is 15.6. The molecule has 0 aliphatic rings. The van der Waals surface area contributed by atoms with Crippen molar-refractivity contribution in [2.45, 2.75) is 0 Å². The van der Waals surface area contributed by atoms with E-state index in [0.717, 1.165) is 0 Å². The third-order valence-corrected chi connectivity index (χ3v) is 3.40. The molecule has 0 fully saturated rings. The number of benzene rings is 2. The monoisotopic (exact) mass is 324 g/mol. The molecule has 1 N–H and O–H groups in total. The third-order valence-electron chi connectivity index (χ3n) is 3.40. The molecule has 2 aromatic carbocycles. The summed E-state index contributed by atoms with van der Waals surface area (Å²) in [6.07, 6.45) is 0. The van der Waals surface area contributed by atoms with Gasteiger partial charge in [-0.1, -0.05) is 18.2 Å². The lowest BCUT2D eigenvalue weighted by molar-refractivity contribution is 0.337. The molecule has 3 rings (SSSR count). The molecular formula is C18H16N2O4. The van der Waals surface area contributed by atoms with Crippen LogP contribution >= 0.6 is 0 Å². The molecule has 0 atom stereocenters. The molecule has 0 amide bonds. The molecule has 6 nitrogen and oxygen atoms in total. The Morgan fingerprint density at radius 3 is 2.42 bits per heavy atom. The lowest BCUT2D eigenvalue weighted by Crippen LogP contribution is -1.89. The van der Waals surface area contributed by atoms with Crippen molar-refractivity contribution < 1.29 is 19.0 Å². The summed E-state index contributed by atoms with van der Waals surface area (Å²) < 4.78 is 15.9. The maximum absolute atomic E-state index is 9.97. The largest absolute Gasteiger partial charge is 0.497 e. The maximum atomic E-state index is 9.97. The van der Waals surface area contributed by atoms with Gasteiger partial charge in [-0.2, -0.15) is 5.11 Å². The Bertz CT molecular complexity index is 857. The second-order valence-corrected chi connectivity index (χ2v) is 4.90. The standard InChI is InChI=1S/C18H16N2O4/c1-22-13-8-9-16(23-2)14(10-13)17-11-15(18(21)24-17)20-19-12-6-4-3-5-7-12/h3-11,21H,1-2H3. The third kappa shape index (κ3) is 3.22. The SMILES string of the molecule is COc1ccc(OC)c(-c2cc(N=Nc3ccccc3)c(O)o2)c1. The molecule has 0 saturated carbocycles. The summed E-state index contributed by atoms with van der Waals surface area (Å²) in [6, 6.07) is 16.1. The summed E-state index contributed by atoms with van der Waals surface area (Å²) in [7, 11) is 3.13. The first-order chi connectivity index (χ1) is 11.7. The van der Waals surface area contributed by atoms with Gasteiger partial charge in [-0.3, -0.25) is 0 Å². The van der Waals surface area contributed by atoms with E-state index in [9.17, 15) is 5.11 Å². The van der Waals surface area contributed by atoms with Crippen LogP contribution in [0.2, 0.25) is 0 Å². The number of nitrogens with zero attached hydrogens (tertiary/aromatic N) is 2. The molecule has 0 unspecified atom stereocenters. The zero-order valence-corrected chi connectivity index (χ0v) is 13.3. The second kappa shape index (κ2) is 6.87. The molecule has 122 valence electrons. The van der Waals surface area contributed by atoms with E-state index in [2.05, 4.69) is 10.2 Å². The average Bonchev–Trinajstić information content (AvgIpc) is 3.01. The van der Waals surface area contributed by atoms with Crippen molar-refractivity contribution in [3.63, 3.8) is 0 Å². The average molecular weight is 324 g/mol. The molecule has 0 aliphatic heterocycles. The quantitative estimate of drug-likeness (QED) is 0.664. The molecule has 3 aromatic rings. The number of hydrogen-bond acceptors (Lipinski definition) is 6. The number of aromatic hydroxyl groups is 1. The lowest BCUT2D eigenvalue weighted by Gasteiger charge is -2.07. The Labute approximate surface area is 139 Å². The van der Waals surface area contributed by atoms with Gasteiger partial charge >= 0.3 is 5.95 Å². The van der Waals surface area contributed by atoms with Crippen LogP contribution in [0, 0.1) is 0 Å². The normalized spacial score (nSPS) is 10.9. The van der Waals surface area contributed by atoms with Gasteiger partial charge in [0.2, 0.25) is 0 Å². The Morgan fingerprint density at radius 1 is 0.917 bits per heavy atom. The van der Waals surface area contributed by atoms with Gasteiger partial charge in [-0.25, -0.2) is 0 Å². The summed E-state index contributed by atoms with van der Waals surface area (Å²) in [6.45, 7) is 0. The van der Waals surface area contributed by atoms with E-state index in [1.54, 1.807) is 38.5 Å². The Balaban J connectivity index is 1.96. The van der Waals surface area contributed by atoms with Crippen LogP contribution in [0.5, 0.6) is 17.4 Å². The Hall–Kier alpha value is -3.28. The molecule has 1 heterocycles. The molecule has 24 heavy (non-hydrogen) atoms. The highest BCUT2D eigenvalue weighted by atomic mass is 16.5. The zero-order chi connectivity index (χ0) is 16.9. The van der Waals surface area contributed by atoms with Crippen molar-refractivity contribution in [2.75, 3.05) is 14.2 Å². The van der Waals surface area contributed by atoms with Crippen LogP contribution in [-0.2, 0) is 0 Å². The maximum Gasteiger partial charge on any atom is 0.311 e. The first-order valence-electron chi connectivity index (χ1n) is 7.23. The van der Waals surface area contributed by atoms with Crippen molar-refractivity contribution in [3.8, 4) is 28.8 Å². The molecule has 0 saturated heterocycles. The van der Waals surface area contributed by atoms with Crippen molar-refractivity contribution >= 4 is 11.4 Å². The zero-order valence-electron chi connectivity index (χ0n) is 13.3. The first-order valence-corrected chi connectivity index (χ1v) is 7.23. The fraction of sp³-hybridized carbons (Fsp3) is 0.111. The van der Waals surface area contributed by atoms with Gasteiger partial charge in [0.05, 0.1) is 25.5 Å². The molecule has 1 aromatic heterocycles.